The van der Waals surface area contributed by atoms with Crippen LogP contribution in [-0.2, 0) is 22.6 Å². The summed E-state index contributed by atoms with van der Waals surface area (Å²) in [5, 5.41) is 20.1. The lowest BCUT2D eigenvalue weighted by atomic mass is 10.1. The molecule has 7 heteroatoms. The van der Waals surface area contributed by atoms with Crippen LogP contribution < -0.4 is 5.32 Å². The first-order chi connectivity index (χ1) is 9.66. The van der Waals surface area contributed by atoms with Crippen molar-refractivity contribution in [3.63, 3.8) is 0 Å². The highest BCUT2D eigenvalue weighted by Crippen LogP contribution is 2.27. The number of aromatic nitrogens is 3. The van der Waals surface area contributed by atoms with Gasteiger partial charge in [0.1, 0.15) is 11.9 Å². The fourth-order valence-electron chi connectivity index (χ4n) is 3.14. The first kappa shape index (κ1) is 13.1. The maximum absolute atomic E-state index is 12.0. The number of carbonyl (C=O) groups excluding carboxylic acids is 1. The van der Waals surface area contributed by atoms with Crippen molar-refractivity contribution in [3.05, 3.63) is 11.6 Å². The van der Waals surface area contributed by atoms with Crippen LogP contribution in [0.1, 0.15) is 49.8 Å². The smallest absolute Gasteiger partial charge is 0.326 e. The molecule has 108 valence electrons. The number of hydrogen-bond acceptors (Lipinski definition) is 4. The molecule has 0 spiro atoms. The van der Waals surface area contributed by atoms with E-state index in [1.165, 1.54) is 0 Å². The minimum absolute atomic E-state index is 0.0460. The average molecular weight is 278 g/mol. The van der Waals surface area contributed by atoms with E-state index in [0.717, 1.165) is 25.7 Å². The largest absolute Gasteiger partial charge is 0.480 e. The van der Waals surface area contributed by atoms with Crippen LogP contribution in [0.15, 0.2) is 0 Å². The summed E-state index contributed by atoms with van der Waals surface area (Å²) >= 11 is 0. The van der Waals surface area contributed by atoms with Crippen LogP contribution in [0.4, 0.5) is 0 Å². The van der Waals surface area contributed by atoms with Gasteiger partial charge in [0.15, 0.2) is 5.82 Å². The number of nitrogens with one attached hydrogen (secondary N) is 1. The summed E-state index contributed by atoms with van der Waals surface area (Å²) in [6.07, 6.45) is 5.28. The number of amides is 1. The van der Waals surface area contributed by atoms with Crippen LogP contribution in [0.3, 0.4) is 0 Å². The van der Waals surface area contributed by atoms with E-state index in [4.69, 9.17) is 0 Å². The second kappa shape index (κ2) is 5.22. The third-order valence-electron chi connectivity index (χ3n) is 4.22. The molecule has 0 bridgehead atoms. The van der Waals surface area contributed by atoms with E-state index in [2.05, 4.69) is 15.5 Å². The summed E-state index contributed by atoms with van der Waals surface area (Å²) in [6.45, 7) is 0.256. The molecular formula is C13H18N4O3. The lowest BCUT2D eigenvalue weighted by molar-refractivity contribution is -0.140. The Morgan fingerprint density at radius 1 is 1.25 bits per heavy atom. The molecule has 1 saturated carbocycles. The zero-order valence-corrected chi connectivity index (χ0v) is 11.2. The van der Waals surface area contributed by atoms with E-state index in [-0.39, 0.29) is 18.4 Å². The quantitative estimate of drug-likeness (QED) is 0.843. The number of fused-ring (bicyclic) bond motifs is 1. The van der Waals surface area contributed by atoms with Gasteiger partial charge in [-0.15, -0.1) is 10.2 Å². The van der Waals surface area contributed by atoms with Gasteiger partial charge < -0.3 is 10.4 Å². The summed E-state index contributed by atoms with van der Waals surface area (Å²) < 4.78 is 1.65. The van der Waals surface area contributed by atoms with Crippen molar-refractivity contribution in [1.29, 1.82) is 0 Å². The number of rotatable bonds is 4. The Hall–Kier alpha value is -1.92. The molecule has 2 aliphatic rings. The SMILES string of the molecule is O=C(NCc1nnc2n1C(C(=O)O)CC2)C1CCCC1. The normalized spacial score (nSPS) is 21.9. The Morgan fingerprint density at radius 3 is 2.70 bits per heavy atom. The molecule has 0 radical (unpaired) electrons. The number of carbonyl (C=O) groups is 2. The van der Waals surface area contributed by atoms with Gasteiger partial charge in [-0.25, -0.2) is 4.79 Å². The number of nitrogens with zero attached hydrogens (tertiary/aromatic N) is 3. The van der Waals surface area contributed by atoms with Crippen LogP contribution in [0.5, 0.6) is 0 Å². The summed E-state index contributed by atoms with van der Waals surface area (Å²) in [5.74, 6) is 0.515. The molecule has 1 atom stereocenters. The van der Waals surface area contributed by atoms with Gasteiger partial charge in [-0.05, 0) is 19.3 Å². The number of carboxylic acids is 1. The number of hydrogen-bond donors (Lipinski definition) is 2. The standard InChI is InChI=1S/C13H18N4O3/c18-12(8-3-1-2-4-8)14-7-11-16-15-10-6-5-9(13(19)20)17(10)11/h8-9H,1-7H2,(H,14,18)(H,19,20). The maximum Gasteiger partial charge on any atom is 0.326 e. The third-order valence-corrected chi connectivity index (χ3v) is 4.22. The Balaban J connectivity index is 1.67. The van der Waals surface area contributed by atoms with E-state index in [0.29, 0.717) is 24.5 Å². The van der Waals surface area contributed by atoms with E-state index in [1.54, 1.807) is 4.57 Å². The summed E-state index contributed by atoms with van der Waals surface area (Å²) in [6, 6.07) is -0.599. The molecule has 2 N–H and O–H groups in total. The van der Waals surface area contributed by atoms with Crippen molar-refractivity contribution < 1.29 is 14.7 Å². The van der Waals surface area contributed by atoms with Gasteiger partial charge in [0.05, 0.1) is 6.54 Å². The minimum atomic E-state index is -0.869. The molecule has 1 unspecified atom stereocenters. The Bertz CT molecular complexity index is 534. The molecule has 20 heavy (non-hydrogen) atoms. The fourth-order valence-corrected chi connectivity index (χ4v) is 3.14. The van der Waals surface area contributed by atoms with E-state index in [9.17, 15) is 14.7 Å². The van der Waals surface area contributed by atoms with Crippen LogP contribution in [0.2, 0.25) is 0 Å². The Kier molecular flexibility index (Phi) is 3.42. The third kappa shape index (κ3) is 2.28. The molecule has 1 aliphatic heterocycles. The zero-order chi connectivity index (χ0) is 14.1. The van der Waals surface area contributed by atoms with Crippen molar-refractivity contribution in [3.8, 4) is 0 Å². The zero-order valence-electron chi connectivity index (χ0n) is 11.2. The monoisotopic (exact) mass is 278 g/mol. The highest BCUT2D eigenvalue weighted by Gasteiger charge is 2.32. The molecule has 0 saturated heterocycles. The summed E-state index contributed by atoms with van der Waals surface area (Å²) in [7, 11) is 0. The molecule has 1 aromatic heterocycles. The van der Waals surface area contributed by atoms with Gasteiger partial charge in [0.2, 0.25) is 5.91 Å². The highest BCUT2D eigenvalue weighted by atomic mass is 16.4. The van der Waals surface area contributed by atoms with Gasteiger partial charge in [-0.1, -0.05) is 12.8 Å². The van der Waals surface area contributed by atoms with Gasteiger partial charge in [-0.2, -0.15) is 0 Å². The topological polar surface area (TPSA) is 97.1 Å². The Morgan fingerprint density at radius 2 is 2.00 bits per heavy atom. The maximum atomic E-state index is 12.0. The van der Waals surface area contributed by atoms with Gasteiger partial charge >= 0.3 is 5.97 Å². The molecule has 3 rings (SSSR count). The number of carboxylic acid groups (broad SMARTS) is 1. The molecule has 1 aliphatic carbocycles. The first-order valence-electron chi connectivity index (χ1n) is 7.10. The average Bonchev–Trinajstić information content (AvgIpc) is 3.13. The van der Waals surface area contributed by atoms with Crippen molar-refractivity contribution >= 4 is 11.9 Å². The van der Waals surface area contributed by atoms with Gasteiger partial charge in [0, 0.05) is 12.3 Å². The number of aliphatic carboxylic acids is 1. The van der Waals surface area contributed by atoms with Crippen LogP contribution in [0.25, 0.3) is 0 Å². The van der Waals surface area contributed by atoms with Gasteiger partial charge in [0.25, 0.3) is 0 Å². The van der Waals surface area contributed by atoms with E-state index in [1.807, 2.05) is 0 Å². The van der Waals surface area contributed by atoms with Crippen molar-refractivity contribution in [2.45, 2.75) is 51.1 Å². The van der Waals surface area contributed by atoms with Crippen LogP contribution >= 0.6 is 0 Å². The Labute approximate surface area is 116 Å². The predicted octanol–water partition coefficient (Wildman–Crippen LogP) is 0.656. The van der Waals surface area contributed by atoms with Crippen LogP contribution in [-0.4, -0.2) is 31.7 Å². The molecule has 1 aromatic rings. The van der Waals surface area contributed by atoms with E-state index >= 15 is 0 Å². The predicted molar refractivity (Wildman–Crippen MR) is 68.8 cm³/mol. The van der Waals surface area contributed by atoms with Crippen molar-refractivity contribution in [2.24, 2.45) is 5.92 Å². The molecular weight excluding hydrogens is 260 g/mol. The fraction of sp³-hybridized carbons (Fsp3) is 0.692. The van der Waals surface area contributed by atoms with Crippen molar-refractivity contribution in [1.82, 2.24) is 20.1 Å². The van der Waals surface area contributed by atoms with Gasteiger partial charge in [-0.3, -0.25) is 9.36 Å². The second-order valence-corrected chi connectivity index (χ2v) is 5.49. The summed E-state index contributed by atoms with van der Waals surface area (Å²) in [4.78, 5) is 23.2. The van der Waals surface area contributed by atoms with E-state index < -0.39 is 12.0 Å². The molecule has 0 aromatic carbocycles. The summed E-state index contributed by atoms with van der Waals surface area (Å²) in [5.41, 5.74) is 0. The number of aryl methyl sites for hydroxylation is 1. The molecule has 1 fully saturated rings. The molecule has 7 nitrogen and oxygen atoms in total. The lowest BCUT2D eigenvalue weighted by Crippen LogP contribution is -2.30. The molecule has 2 heterocycles. The van der Waals surface area contributed by atoms with Crippen LogP contribution in [0, 0.1) is 5.92 Å². The lowest BCUT2D eigenvalue weighted by Gasteiger charge is -2.13. The van der Waals surface area contributed by atoms with Crippen molar-refractivity contribution in [2.75, 3.05) is 0 Å². The first-order valence-corrected chi connectivity index (χ1v) is 7.10. The highest BCUT2D eigenvalue weighted by molar-refractivity contribution is 5.78. The molecule has 1 amide bonds. The second-order valence-electron chi connectivity index (χ2n) is 5.49. The minimum Gasteiger partial charge on any atom is -0.480 e.